The Labute approximate surface area is 116 Å². The molecule has 17 heavy (non-hydrogen) atoms. The maximum absolute atomic E-state index is 12.2. The molecule has 1 aromatic carbocycles. The molecule has 1 atom stereocenters. The Kier molecular flexibility index (Phi) is 5.47. The van der Waals surface area contributed by atoms with Gasteiger partial charge in [0.05, 0.1) is 10.6 Å². The molecule has 0 heterocycles. The van der Waals surface area contributed by atoms with Crippen LogP contribution in [0.5, 0.6) is 0 Å². The Morgan fingerprint density at radius 2 is 2.18 bits per heavy atom. The SMILES string of the molecule is Cc1cccc(C(=O)N(C)CCC(C)Br)c1Cl. The number of halogens is 2. The number of hydrogen-bond acceptors (Lipinski definition) is 1. The van der Waals surface area contributed by atoms with E-state index in [1.54, 1.807) is 18.0 Å². The van der Waals surface area contributed by atoms with E-state index in [1.807, 2.05) is 19.1 Å². The van der Waals surface area contributed by atoms with Gasteiger partial charge in [-0.05, 0) is 25.0 Å². The van der Waals surface area contributed by atoms with Crippen molar-refractivity contribution in [1.82, 2.24) is 4.90 Å². The first-order valence-corrected chi connectivity index (χ1v) is 6.87. The van der Waals surface area contributed by atoms with Crippen molar-refractivity contribution in [2.45, 2.75) is 25.1 Å². The van der Waals surface area contributed by atoms with Gasteiger partial charge in [0.2, 0.25) is 0 Å². The highest BCUT2D eigenvalue weighted by Crippen LogP contribution is 2.21. The fraction of sp³-hybridized carbons (Fsp3) is 0.462. The first kappa shape index (κ1) is 14.5. The van der Waals surface area contributed by atoms with Crippen LogP contribution in [0.1, 0.15) is 29.3 Å². The molecule has 0 radical (unpaired) electrons. The lowest BCUT2D eigenvalue weighted by atomic mass is 10.1. The molecule has 0 saturated heterocycles. The van der Waals surface area contributed by atoms with Gasteiger partial charge < -0.3 is 4.90 Å². The van der Waals surface area contributed by atoms with Gasteiger partial charge in [-0.25, -0.2) is 0 Å². The number of aryl methyl sites for hydroxylation is 1. The van der Waals surface area contributed by atoms with Crippen molar-refractivity contribution in [3.8, 4) is 0 Å². The fourth-order valence-corrected chi connectivity index (χ4v) is 1.90. The van der Waals surface area contributed by atoms with Gasteiger partial charge in [-0.3, -0.25) is 4.79 Å². The topological polar surface area (TPSA) is 20.3 Å². The molecular weight excluding hydrogens is 302 g/mol. The summed E-state index contributed by atoms with van der Waals surface area (Å²) in [6.07, 6.45) is 0.922. The lowest BCUT2D eigenvalue weighted by Crippen LogP contribution is -2.29. The van der Waals surface area contributed by atoms with Crippen molar-refractivity contribution in [1.29, 1.82) is 0 Å². The number of nitrogens with zero attached hydrogens (tertiary/aromatic N) is 1. The van der Waals surface area contributed by atoms with Crippen LogP contribution in [0.25, 0.3) is 0 Å². The van der Waals surface area contributed by atoms with E-state index in [4.69, 9.17) is 11.6 Å². The number of benzene rings is 1. The van der Waals surface area contributed by atoms with E-state index >= 15 is 0 Å². The van der Waals surface area contributed by atoms with Crippen LogP contribution >= 0.6 is 27.5 Å². The van der Waals surface area contributed by atoms with Crippen LogP contribution in [0, 0.1) is 6.92 Å². The highest BCUT2D eigenvalue weighted by Gasteiger charge is 2.16. The van der Waals surface area contributed by atoms with Gasteiger partial charge in [-0.1, -0.05) is 46.6 Å². The molecule has 0 spiro atoms. The normalized spacial score (nSPS) is 12.3. The van der Waals surface area contributed by atoms with E-state index in [-0.39, 0.29) is 5.91 Å². The number of alkyl halides is 1. The van der Waals surface area contributed by atoms with E-state index in [2.05, 4.69) is 22.9 Å². The number of rotatable bonds is 4. The monoisotopic (exact) mass is 317 g/mol. The number of carbonyl (C=O) groups is 1. The molecular formula is C13H17BrClNO. The van der Waals surface area contributed by atoms with Crippen molar-refractivity contribution in [2.24, 2.45) is 0 Å². The predicted octanol–water partition coefficient (Wildman–Crippen LogP) is 3.89. The van der Waals surface area contributed by atoms with Gasteiger partial charge >= 0.3 is 0 Å². The summed E-state index contributed by atoms with van der Waals surface area (Å²) in [5, 5.41) is 0.552. The Bertz CT molecular complexity index is 406. The summed E-state index contributed by atoms with van der Waals surface area (Å²) in [7, 11) is 1.80. The summed E-state index contributed by atoms with van der Waals surface area (Å²) < 4.78 is 0. The van der Waals surface area contributed by atoms with Gasteiger partial charge in [0.25, 0.3) is 5.91 Å². The quantitative estimate of drug-likeness (QED) is 0.771. The molecule has 1 amide bonds. The summed E-state index contributed by atoms with van der Waals surface area (Å²) in [6, 6.07) is 5.53. The molecule has 0 fully saturated rings. The standard InChI is InChI=1S/C13H17BrClNO/c1-9-5-4-6-11(12(9)15)13(17)16(3)8-7-10(2)14/h4-6,10H,7-8H2,1-3H3. The summed E-state index contributed by atoms with van der Waals surface area (Å²) in [5.41, 5.74) is 1.51. The summed E-state index contributed by atoms with van der Waals surface area (Å²) >= 11 is 9.61. The van der Waals surface area contributed by atoms with Crippen molar-refractivity contribution in [2.75, 3.05) is 13.6 Å². The lowest BCUT2D eigenvalue weighted by Gasteiger charge is -2.19. The molecule has 0 aliphatic carbocycles. The fourth-order valence-electron chi connectivity index (χ4n) is 1.49. The zero-order valence-electron chi connectivity index (χ0n) is 10.3. The minimum absolute atomic E-state index is 0.0214. The molecule has 0 aromatic heterocycles. The van der Waals surface area contributed by atoms with Crippen LogP contribution in [0.2, 0.25) is 5.02 Å². The first-order chi connectivity index (χ1) is 7.93. The van der Waals surface area contributed by atoms with Crippen molar-refractivity contribution in [3.63, 3.8) is 0 Å². The second kappa shape index (κ2) is 6.41. The van der Waals surface area contributed by atoms with Gasteiger partial charge in [0.1, 0.15) is 0 Å². The summed E-state index contributed by atoms with van der Waals surface area (Å²) in [6.45, 7) is 4.69. The average Bonchev–Trinajstić information content (AvgIpc) is 2.28. The number of amides is 1. The van der Waals surface area contributed by atoms with Crippen LogP contribution in [-0.4, -0.2) is 29.2 Å². The van der Waals surface area contributed by atoms with E-state index in [0.29, 0.717) is 15.4 Å². The van der Waals surface area contributed by atoms with Gasteiger partial charge in [-0.15, -0.1) is 0 Å². The van der Waals surface area contributed by atoms with Crippen LogP contribution in [0.4, 0.5) is 0 Å². The van der Waals surface area contributed by atoms with Gasteiger partial charge in [-0.2, -0.15) is 0 Å². The molecule has 0 aliphatic heterocycles. The first-order valence-electron chi connectivity index (χ1n) is 5.58. The molecule has 0 aliphatic rings. The minimum Gasteiger partial charge on any atom is -0.342 e. The molecule has 1 unspecified atom stereocenters. The number of carbonyl (C=O) groups excluding carboxylic acids is 1. The van der Waals surface area contributed by atoms with E-state index in [9.17, 15) is 4.79 Å². The maximum Gasteiger partial charge on any atom is 0.255 e. The third-order valence-electron chi connectivity index (χ3n) is 2.63. The van der Waals surface area contributed by atoms with Crippen LogP contribution in [-0.2, 0) is 0 Å². The van der Waals surface area contributed by atoms with Crippen molar-refractivity contribution >= 4 is 33.4 Å². The minimum atomic E-state index is -0.0214. The molecule has 0 N–H and O–H groups in total. The summed E-state index contributed by atoms with van der Waals surface area (Å²) in [5.74, 6) is -0.0214. The average molecular weight is 319 g/mol. The molecule has 94 valence electrons. The smallest absolute Gasteiger partial charge is 0.255 e. The van der Waals surface area contributed by atoms with Gasteiger partial charge in [0.15, 0.2) is 0 Å². The van der Waals surface area contributed by atoms with E-state index < -0.39 is 0 Å². The Hall–Kier alpha value is -0.540. The number of hydrogen-bond donors (Lipinski definition) is 0. The maximum atomic E-state index is 12.2. The second-order valence-electron chi connectivity index (χ2n) is 4.23. The van der Waals surface area contributed by atoms with Crippen LogP contribution in [0.15, 0.2) is 18.2 Å². The predicted molar refractivity (Wildman–Crippen MR) is 76.2 cm³/mol. The van der Waals surface area contributed by atoms with Crippen molar-refractivity contribution in [3.05, 3.63) is 34.3 Å². The third-order valence-corrected chi connectivity index (χ3v) is 3.59. The van der Waals surface area contributed by atoms with E-state index in [1.165, 1.54) is 0 Å². The Balaban J connectivity index is 2.78. The summed E-state index contributed by atoms with van der Waals surface area (Å²) in [4.78, 5) is 14.3. The van der Waals surface area contributed by atoms with Crippen LogP contribution < -0.4 is 0 Å². The molecule has 2 nitrogen and oxygen atoms in total. The van der Waals surface area contributed by atoms with E-state index in [0.717, 1.165) is 18.5 Å². The highest BCUT2D eigenvalue weighted by molar-refractivity contribution is 9.09. The molecule has 0 bridgehead atoms. The largest absolute Gasteiger partial charge is 0.342 e. The molecule has 0 saturated carbocycles. The third kappa shape index (κ3) is 4.00. The lowest BCUT2D eigenvalue weighted by molar-refractivity contribution is 0.0794. The highest BCUT2D eigenvalue weighted by atomic mass is 79.9. The van der Waals surface area contributed by atoms with Crippen LogP contribution in [0.3, 0.4) is 0 Å². The Morgan fingerprint density at radius 3 is 2.76 bits per heavy atom. The molecule has 4 heteroatoms. The zero-order valence-corrected chi connectivity index (χ0v) is 12.7. The molecule has 1 rings (SSSR count). The second-order valence-corrected chi connectivity index (χ2v) is 6.17. The van der Waals surface area contributed by atoms with Gasteiger partial charge in [0, 0.05) is 18.4 Å². The Morgan fingerprint density at radius 1 is 1.53 bits per heavy atom. The van der Waals surface area contributed by atoms with Crippen molar-refractivity contribution < 1.29 is 4.79 Å². The zero-order chi connectivity index (χ0) is 13.0. The molecule has 1 aromatic rings.